The van der Waals surface area contributed by atoms with Crippen molar-refractivity contribution in [1.82, 2.24) is 5.32 Å². The van der Waals surface area contributed by atoms with Gasteiger partial charge in [0.05, 0.1) is 5.56 Å². The molecule has 1 amide bonds. The first-order valence-corrected chi connectivity index (χ1v) is 5.47. The molecule has 1 aliphatic rings. The molecule has 2 rings (SSSR count). The molecular weight excluding hydrogens is 242 g/mol. The van der Waals surface area contributed by atoms with E-state index in [1.807, 2.05) is 24.3 Å². The van der Waals surface area contributed by atoms with Crippen molar-refractivity contribution in [3.63, 3.8) is 0 Å². The Morgan fingerprint density at radius 3 is 2.64 bits per heavy atom. The molecule has 1 fully saturated rings. The van der Waals surface area contributed by atoms with Crippen LogP contribution in [0.3, 0.4) is 0 Å². The Bertz CT molecular complexity index is 371. The van der Waals surface area contributed by atoms with Crippen molar-refractivity contribution in [1.29, 1.82) is 0 Å². The summed E-state index contributed by atoms with van der Waals surface area (Å²) in [7, 11) is 0. The molecule has 0 aromatic heterocycles. The van der Waals surface area contributed by atoms with Gasteiger partial charge in [-0.3, -0.25) is 4.79 Å². The lowest BCUT2D eigenvalue weighted by atomic mass is 10.2. The fourth-order valence-electron chi connectivity index (χ4n) is 1.30. The highest BCUT2D eigenvalue weighted by atomic mass is 79.9. The van der Waals surface area contributed by atoms with Crippen LogP contribution in [0.4, 0.5) is 0 Å². The van der Waals surface area contributed by atoms with Gasteiger partial charge in [-0.15, -0.1) is 0 Å². The first-order valence-electron chi connectivity index (χ1n) is 4.68. The van der Waals surface area contributed by atoms with Gasteiger partial charge in [0.1, 0.15) is 0 Å². The number of carbonyl (C=O) groups excluding carboxylic acids is 1. The Balaban J connectivity index is 2.15. The zero-order chi connectivity index (χ0) is 10.2. The minimum atomic E-state index is 0.0116. The SMILES string of the molecule is CC1(NC(=O)c2ccccc2Br)CC1. The van der Waals surface area contributed by atoms with Crippen LogP contribution in [0.25, 0.3) is 0 Å². The summed E-state index contributed by atoms with van der Waals surface area (Å²) < 4.78 is 0.849. The number of rotatable bonds is 2. The molecule has 1 aromatic carbocycles. The average molecular weight is 254 g/mol. The van der Waals surface area contributed by atoms with E-state index in [2.05, 4.69) is 28.2 Å². The normalized spacial score (nSPS) is 17.6. The highest BCUT2D eigenvalue weighted by Gasteiger charge is 2.38. The van der Waals surface area contributed by atoms with Gasteiger partial charge in [0.25, 0.3) is 5.91 Å². The lowest BCUT2D eigenvalue weighted by molar-refractivity contribution is 0.0934. The van der Waals surface area contributed by atoms with Crippen molar-refractivity contribution in [2.45, 2.75) is 25.3 Å². The van der Waals surface area contributed by atoms with Crippen LogP contribution in [-0.2, 0) is 0 Å². The molecule has 0 unspecified atom stereocenters. The minimum absolute atomic E-state index is 0.0116. The summed E-state index contributed by atoms with van der Waals surface area (Å²) in [4.78, 5) is 11.8. The summed E-state index contributed by atoms with van der Waals surface area (Å²) in [6, 6.07) is 7.48. The van der Waals surface area contributed by atoms with E-state index in [9.17, 15) is 4.79 Å². The molecule has 74 valence electrons. The summed E-state index contributed by atoms with van der Waals surface area (Å²) in [6.07, 6.45) is 2.17. The molecule has 0 radical (unpaired) electrons. The van der Waals surface area contributed by atoms with Crippen molar-refractivity contribution in [2.24, 2.45) is 0 Å². The topological polar surface area (TPSA) is 29.1 Å². The summed E-state index contributed by atoms with van der Waals surface area (Å²) >= 11 is 3.36. The van der Waals surface area contributed by atoms with Crippen LogP contribution in [0, 0.1) is 0 Å². The number of hydrogen-bond donors (Lipinski definition) is 1. The number of carbonyl (C=O) groups is 1. The van der Waals surface area contributed by atoms with E-state index in [4.69, 9.17) is 0 Å². The molecule has 1 aliphatic carbocycles. The summed E-state index contributed by atoms with van der Waals surface area (Å²) in [5, 5.41) is 3.02. The maximum Gasteiger partial charge on any atom is 0.252 e. The maximum absolute atomic E-state index is 11.8. The Morgan fingerprint density at radius 1 is 1.43 bits per heavy atom. The van der Waals surface area contributed by atoms with Gasteiger partial charge in [-0.05, 0) is 47.8 Å². The Kier molecular flexibility index (Phi) is 2.35. The largest absolute Gasteiger partial charge is 0.347 e. The average Bonchev–Trinajstić information content (AvgIpc) is 2.84. The number of benzene rings is 1. The highest BCUT2D eigenvalue weighted by molar-refractivity contribution is 9.10. The number of amides is 1. The molecule has 0 heterocycles. The molecule has 1 aromatic rings. The van der Waals surface area contributed by atoms with Crippen molar-refractivity contribution in [2.75, 3.05) is 0 Å². The molecule has 1 saturated carbocycles. The van der Waals surface area contributed by atoms with E-state index < -0.39 is 0 Å². The fourth-order valence-corrected chi connectivity index (χ4v) is 1.76. The van der Waals surface area contributed by atoms with Crippen LogP contribution in [0.15, 0.2) is 28.7 Å². The standard InChI is InChI=1S/C11H12BrNO/c1-11(6-7-11)13-10(14)8-4-2-3-5-9(8)12/h2-5H,6-7H2,1H3,(H,13,14). The molecule has 3 heteroatoms. The number of hydrogen-bond acceptors (Lipinski definition) is 1. The summed E-state index contributed by atoms with van der Waals surface area (Å²) in [5.74, 6) is 0.0116. The Morgan fingerprint density at radius 2 is 2.07 bits per heavy atom. The third-order valence-corrected chi connectivity index (χ3v) is 3.23. The predicted molar refractivity (Wildman–Crippen MR) is 59.2 cm³/mol. The van der Waals surface area contributed by atoms with Crippen LogP contribution < -0.4 is 5.32 Å². The van der Waals surface area contributed by atoms with E-state index in [1.54, 1.807) is 0 Å². The molecule has 0 spiro atoms. The molecule has 0 atom stereocenters. The van der Waals surface area contributed by atoms with Crippen molar-refractivity contribution >= 4 is 21.8 Å². The van der Waals surface area contributed by atoms with Gasteiger partial charge in [0.2, 0.25) is 0 Å². The second-order valence-corrected chi connectivity index (χ2v) is 4.85. The van der Waals surface area contributed by atoms with Gasteiger partial charge in [-0.1, -0.05) is 12.1 Å². The maximum atomic E-state index is 11.8. The third-order valence-electron chi connectivity index (χ3n) is 2.53. The third kappa shape index (κ3) is 1.98. The van der Waals surface area contributed by atoms with Gasteiger partial charge in [0, 0.05) is 10.0 Å². The van der Waals surface area contributed by atoms with Gasteiger partial charge in [-0.25, -0.2) is 0 Å². The van der Waals surface area contributed by atoms with Gasteiger partial charge < -0.3 is 5.32 Å². The molecule has 14 heavy (non-hydrogen) atoms. The summed E-state index contributed by atoms with van der Waals surface area (Å²) in [6.45, 7) is 2.07. The predicted octanol–water partition coefficient (Wildman–Crippen LogP) is 2.73. The van der Waals surface area contributed by atoms with E-state index in [1.165, 1.54) is 0 Å². The zero-order valence-electron chi connectivity index (χ0n) is 8.01. The van der Waals surface area contributed by atoms with E-state index >= 15 is 0 Å². The Labute approximate surface area is 91.8 Å². The lowest BCUT2D eigenvalue weighted by Gasteiger charge is -2.11. The van der Waals surface area contributed by atoms with Gasteiger partial charge in [-0.2, -0.15) is 0 Å². The molecule has 0 saturated heterocycles. The second kappa shape index (κ2) is 3.39. The lowest BCUT2D eigenvalue weighted by Crippen LogP contribution is -2.34. The fraction of sp³-hybridized carbons (Fsp3) is 0.364. The minimum Gasteiger partial charge on any atom is -0.347 e. The second-order valence-electron chi connectivity index (χ2n) is 3.99. The molecule has 1 N–H and O–H groups in total. The monoisotopic (exact) mass is 253 g/mol. The van der Waals surface area contributed by atoms with Gasteiger partial charge in [0.15, 0.2) is 0 Å². The quantitative estimate of drug-likeness (QED) is 0.863. The molecule has 0 aliphatic heterocycles. The highest BCUT2D eigenvalue weighted by Crippen LogP contribution is 2.34. The van der Waals surface area contributed by atoms with Crippen LogP contribution in [0.5, 0.6) is 0 Å². The first-order chi connectivity index (χ1) is 6.61. The van der Waals surface area contributed by atoms with Crippen molar-refractivity contribution in [3.05, 3.63) is 34.3 Å². The first kappa shape index (κ1) is 9.71. The van der Waals surface area contributed by atoms with E-state index in [0.717, 1.165) is 17.3 Å². The van der Waals surface area contributed by atoms with E-state index in [-0.39, 0.29) is 11.4 Å². The van der Waals surface area contributed by atoms with Crippen LogP contribution in [-0.4, -0.2) is 11.4 Å². The van der Waals surface area contributed by atoms with Crippen LogP contribution in [0.2, 0.25) is 0 Å². The number of halogens is 1. The van der Waals surface area contributed by atoms with Crippen molar-refractivity contribution in [3.8, 4) is 0 Å². The van der Waals surface area contributed by atoms with Crippen molar-refractivity contribution < 1.29 is 4.79 Å². The van der Waals surface area contributed by atoms with E-state index in [0.29, 0.717) is 5.56 Å². The molecule has 0 bridgehead atoms. The van der Waals surface area contributed by atoms with Gasteiger partial charge >= 0.3 is 0 Å². The zero-order valence-corrected chi connectivity index (χ0v) is 9.60. The van der Waals surface area contributed by atoms with Crippen LogP contribution in [0.1, 0.15) is 30.1 Å². The Hall–Kier alpha value is -0.830. The smallest absolute Gasteiger partial charge is 0.252 e. The summed E-state index contributed by atoms with van der Waals surface area (Å²) in [5.41, 5.74) is 0.757. The van der Waals surface area contributed by atoms with Crippen LogP contribution >= 0.6 is 15.9 Å². The number of nitrogens with one attached hydrogen (secondary N) is 1. The molecular formula is C11H12BrNO. The molecule has 2 nitrogen and oxygen atoms in total.